The van der Waals surface area contributed by atoms with Crippen molar-refractivity contribution < 1.29 is 22.7 Å². The van der Waals surface area contributed by atoms with Crippen LogP contribution in [0.25, 0.3) is 5.69 Å². The fourth-order valence-electron chi connectivity index (χ4n) is 3.62. The topological polar surface area (TPSA) is 86.0 Å². The van der Waals surface area contributed by atoms with Gasteiger partial charge in [-0.1, -0.05) is 19.1 Å². The number of aromatic nitrogens is 5. The number of halogens is 3. The highest BCUT2D eigenvalue weighted by atomic mass is 19.4. The van der Waals surface area contributed by atoms with E-state index in [0.29, 0.717) is 42.5 Å². The van der Waals surface area contributed by atoms with E-state index in [0.717, 1.165) is 23.4 Å². The fraction of sp³-hybridized carbons (Fsp3) is 0.409. The van der Waals surface area contributed by atoms with Crippen LogP contribution in [-0.2, 0) is 30.5 Å². The summed E-state index contributed by atoms with van der Waals surface area (Å²) in [6.07, 6.45) is -0.989. The molecule has 0 aliphatic carbocycles. The van der Waals surface area contributed by atoms with Gasteiger partial charge in [-0.05, 0) is 36.6 Å². The molecule has 8 nitrogen and oxygen atoms in total. The van der Waals surface area contributed by atoms with E-state index < -0.39 is 11.9 Å². The number of alkyl halides is 3. The van der Waals surface area contributed by atoms with Crippen LogP contribution in [0.2, 0.25) is 0 Å². The van der Waals surface area contributed by atoms with Crippen LogP contribution in [0.1, 0.15) is 42.1 Å². The van der Waals surface area contributed by atoms with E-state index in [2.05, 4.69) is 20.3 Å². The van der Waals surface area contributed by atoms with Crippen LogP contribution in [-0.4, -0.2) is 42.3 Å². The molecule has 0 saturated heterocycles. The predicted molar refractivity (Wildman–Crippen MR) is 111 cm³/mol. The van der Waals surface area contributed by atoms with Crippen LogP contribution < -0.4 is 4.74 Å². The Morgan fingerprint density at radius 3 is 2.64 bits per heavy atom. The quantitative estimate of drug-likeness (QED) is 0.579. The van der Waals surface area contributed by atoms with Gasteiger partial charge in [0, 0.05) is 31.3 Å². The van der Waals surface area contributed by atoms with Gasteiger partial charge in [0.1, 0.15) is 18.0 Å². The molecule has 1 amide bonds. The largest absolute Gasteiger partial charge is 0.471 e. The molecule has 0 radical (unpaired) electrons. The second-order valence-electron chi connectivity index (χ2n) is 8.18. The molecule has 4 heterocycles. The van der Waals surface area contributed by atoms with Gasteiger partial charge >= 0.3 is 6.18 Å². The van der Waals surface area contributed by atoms with Crippen LogP contribution >= 0.6 is 0 Å². The molecule has 0 fully saturated rings. The lowest BCUT2D eigenvalue weighted by Crippen LogP contribution is -2.38. The molecule has 0 atom stereocenters. The number of rotatable bonds is 5. The maximum atomic E-state index is 12.8. The Morgan fingerprint density at radius 2 is 1.97 bits per heavy atom. The lowest BCUT2D eigenvalue weighted by molar-refractivity contribution is -0.141. The van der Waals surface area contributed by atoms with Gasteiger partial charge in [-0.15, -0.1) is 5.10 Å². The van der Waals surface area contributed by atoms with Gasteiger partial charge in [-0.25, -0.2) is 14.6 Å². The minimum absolute atomic E-state index is 0.0521. The minimum atomic E-state index is -4.51. The van der Waals surface area contributed by atoms with Crippen molar-refractivity contribution in [3.8, 4) is 11.6 Å². The molecule has 1 aliphatic heterocycles. The number of fused-ring (bicyclic) bond motifs is 1. The molecule has 0 unspecified atom stereocenters. The van der Waals surface area contributed by atoms with Crippen molar-refractivity contribution in [3.05, 3.63) is 58.8 Å². The molecule has 0 N–H and O–H groups in total. The normalized spacial score (nSPS) is 13.8. The van der Waals surface area contributed by atoms with Crippen molar-refractivity contribution in [3.63, 3.8) is 0 Å². The summed E-state index contributed by atoms with van der Waals surface area (Å²) < 4.78 is 45.6. The molecule has 0 saturated carbocycles. The lowest BCUT2D eigenvalue weighted by atomic mass is 10.0. The molecular formula is C22H23F3N6O2. The highest BCUT2D eigenvalue weighted by Gasteiger charge is 2.32. The summed E-state index contributed by atoms with van der Waals surface area (Å²) in [6, 6.07) is 4.04. The van der Waals surface area contributed by atoms with E-state index in [1.807, 2.05) is 24.8 Å². The molecule has 0 spiro atoms. The number of carbonyl (C=O) groups is 1. The van der Waals surface area contributed by atoms with Crippen molar-refractivity contribution in [2.24, 2.45) is 5.92 Å². The van der Waals surface area contributed by atoms with Crippen molar-refractivity contribution in [1.29, 1.82) is 0 Å². The van der Waals surface area contributed by atoms with E-state index in [1.165, 1.54) is 10.7 Å². The number of pyridine rings is 2. The zero-order valence-electron chi connectivity index (χ0n) is 18.4. The molecule has 3 aromatic rings. The SMILES string of the molecule is Cc1nnn(-c2ccc(C(F)(F)F)nc2)c1COc1cc2c(cn1)CN(C(=O)C(C)C)CC2. The first-order valence-electron chi connectivity index (χ1n) is 10.5. The van der Waals surface area contributed by atoms with E-state index in [4.69, 9.17) is 4.74 Å². The maximum Gasteiger partial charge on any atom is 0.433 e. The van der Waals surface area contributed by atoms with Crippen LogP contribution in [0.15, 0.2) is 30.6 Å². The van der Waals surface area contributed by atoms with Gasteiger partial charge in [0.25, 0.3) is 0 Å². The van der Waals surface area contributed by atoms with Gasteiger partial charge in [-0.2, -0.15) is 13.2 Å². The summed E-state index contributed by atoms with van der Waals surface area (Å²) in [7, 11) is 0. The molecular weight excluding hydrogens is 437 g/mol. The lowest BCUT2D eigenvalue weighted by Gasteiger charge is -2.30. The maximum absolute atomic E-state index is 12.8. The van der Waals surface area contributed by atoms with Crippen LogP contribution in [0.3, 0.4) is 0 Å². The van der Waals surface area contributed by atoms with Crippen molar-refractivity contribution in [2.75, 3.05) is 6.54 Å². The van der Waals surface area contributed by atoms with E-state index in [1.54, 1.807) is 13.1 Å². The number of hydrogen-bond donors (Lipinski definition) is 0. The molecule has 11 heteroatoms. The number of carbonyl (C=O) groups excluding carboxylic acids is 1. The first-order valence-corrected chi connectivity index (χ1v) is 10.5. The molecule has 0 aromatic carbocycles. The van der Waals surface area contributed by atoms with Crippen LogP contribution in [0, 0.1) is 12.8 Å². The van der Waals surface area contributed by atoms with Gasteiger partial charge in [0.05, 0.1) is 17.6 Å². The van der Waals surface area contributed by atoms with Crippen molar-refractivity contribution in [1.82, 2.24) is 29.9 Å². The summed E-state index contributed by atoms with van der Waals surface area (Å²) in [5.74, 6) is 0.480. The van der Waals surface area contributed by atoms with E-state index in [-0.39, 0.29) is 18.4 Å². The Morgan fingerprint density at radius 1 is 1.18 bits per heavy atom. The number of hydrogen-bond acceptors (Lipinski definition) is 6. The van der Waals surface area contributed by atoms with E-state index in [9.17, 15) is 18.0 Å². The first kappa shape index (κ1) is 22.7. The summed E-state index contributed by atoms with van der Waals surface area (Å²) in [4.78, 5) is 21.9. The van der Waals surface area contributed by atoms with Crippen LogP contribution in [0.5, 0.6) is 5.88 Å². The highest BCUT2D eigenvalue weighted by Crippen LogP contribution is 2.28. The third kappa shape index (κ3) is 4.81. The first-order chi connectivity index (χ1) is 15.6. The van der Waals surface area contributed by atoms with Gasteiger partial charge in [0.2, 0.25) is 11.8 Å². The Kier molecular flexibility index (Phi) is 6.05. The highest BCUT2D eigenvalue weighted by molar-refractivity contribution is 5.78. The summed E-state index contributed by atoms with van der Waals surface area (Å²) in [5.41, 5.74) is 2.58. The molecule has 4 rings (SSSR count). The number of ether oxygens (including phenoxy) is 1. The second kappa shape index (κ2) is 8.80. The van der Waals surface area contributed by atoms with Crippen molar-refractivity contribution >= 4 is 5.91 Å². The summed E-state index contributed by atoms with van der Waals surface area (Å²) in [6.45, 7) is 6.75. The summed E-state index contributed by atoms with van der Waals surface area (Å²) >= 11 is 0. The van der Waals surface area contributed by atoms with Crippen LogP contribution in [0.4, 0.5) is 13.2 Å². The smallest absolute Gasteiger partial charge is 0.433 e. The monoisotopic (exact) mass is 460 g/mol. The number of nitrogens with zero attached hydrogens (tertiary/aromatic N) is 6. The standard InChI is InChI=1S/C22H23F3N6O2/c1-13(2)21(32)30-7-6-15-8-20(27-9-16(15)11-30)33-12-18-14(3)28-29-31(18)17-4-5-19(26-10-17)22(23,24)25/h4-5,8-10,13H,6-7,11-12H2,1-3H3. The number of amides is 1. The fourth-order valence-corrected chi connectivity index (χ4v) is 3.62. The average Bonchev–Trinajstić information content (AvgIpc) is 3.16. The Labute approximate surface area is 188 Å². The second-order valence-corrected chi connectivity index (χ2v) is 8.18. The Bertz CT molecular complexity index is 1160. The molecule has 0 bridgehead atoms. The Hall–Kier alpha value is -3.50. The van der Waals surface area contributed by atoms with E-state index >= 15 is 0 Å². The third-order valence-electron chi connectivity index (χ3n) is 5.47. The molecule has 174 valence electrons. The Balaban J connectivity index is 1.48. The predicted octanol–water partition coefficient (Wildman–Crippen LogP) is 3.50. The van der Waals surface area contributed by atoms with Crippen molar-refractivity contribution in [2.45, 2.75) is 46.5 Å². The zero-order valence-corrected chi connectivity index (χ0v) is 18.4. The van der Waals surface area contributed by atoms with Gasteiger partial charge in [-0.3, -0.25) is 4.79 Å². The minimum Gasteiger partial charge on any atom is -0.471 e. The average molecular weight is 460 g/mol. The molecule has 33 heavy (non-hydrogen) atoms. The third-order valence-corrected chi connectivity index (χ3v) is 5.47. The zero-order chi connectivity index (χ0) is 23.8. The number of aryl methyl sites for hydroxylation is 1. The van der Waals surface area contributed by atoms with Gasteiger partial charge in [0.15, 0.2) is 0 Å². The molecule has 3 aromatic heterocycles. The van der Waals surface area contributed by atoms with Gasteiger partial charge < -0.3 is 9.64 Å². The molecule has 1 aliphatic rings. The summed E-state index contributed by atoms with van der Waals surface area (Å²) in [5, 5.41) is 8.02.